The molecule has 4 N–H and O–H groups in total. The first-order chi connectivity index (χ1) is 12.8. The molecule has 3 rings (SSSR count). The van der Waals surface area contributed by atoms with Crippen LogP contribution in [0, 0.1) is 11.3 Å². The summed E-state index contributed by atoms with van der Waals surface area (Å²) in [7, 11) is 1.78. The number of aliphatic hydroxyl groups is 1. The first kappa shape index (κ1) is 23.2. The fourth-order valence-electron chi connectivity index (χ4n) is 4.71. The van der Waals surface area contributed by atoms with Crippen LogP contribution in [0.4, 0.5) is 4.79 Å². The van der Waals surface area contributed by atoms with Gasteiger partial charge in [-0.2, -0.15) is 0 Å². The number of aliphatic hydroxyl groups excluding tert-OH is 1. The number of rotatable bonds is 3. The van der Waals surface area contributed by atoms with E-state index in [9.17, 15) is 14.7 Å². The molecular formula is C19H34IN5O3. The molecule has 0 spiro atoms. The molecule has 0 aromatic carbocycles. The summed E-state index contributed by atoms with van der Waals surface area (Å²) in [4.78, 5) is 30.3. The monoisotopic (exact) mass is 507 g/mol. The Morgan fingerprint density at radius 3 is 2.46 bits per heavy atom. The van der Waals surface area contributed by atoms with Gasteiger partial charge in [-0.1, -0.05) is 19.8 Å². The van der Waals surface area contributed by atoms with E-state index in [4.69, 9.17) is 0 Å². The quantitative estimate of drug-likeness (QED) is 0.200. The minimum absolute atomic E-state index is 0. The SMILES string of the molecule is CN=C(NCC1(C)CCCCC1O)N1CCC(C2(C)NC(=O)NC2=O)CC1.I. The Kier molecular flexibility index (Phi) is 7.57. The summed E-state index contributed by atoms with van der Waals surface area (Å²) >= 11 is 0. The average molecular weight is 507 g/mol. The van der Waals surface area contributed by atoms with E-state index in [-0.39, 0.29) is 47.3 Å². The number of halogens is 1. The third kappa shape index (κ3) is 4.55. The molecule has 2 aliphatic heterocycles. The number of likely N-dealkylation sites (tertiary alicyclic amines) is 1. The predicted molar refractivity (Wildman–Crippen MR) is 119 cm³/mol. The van der Waals surface area contributed by atoms with Crippen molar-refractivity contribution in [2.45, 2.75) is 64.0 Å². The van der Waals surface area contributed by atoms with Crippen LogP contribution in [0.25, 0.3) is 0 Å². The third-order valence-electron chi connectivity index (χ3n) is 6.83. The largest absolute Gasteiger partial charge is 0.392 e. The second-order valence-electron chi connectivity index (χ2n) is 8.69. The summed E-state index contributed by atoms with van der Waals surface area (Å²) < 4.78 is 0. The molecule has 3 unspecified atom stereocenters. The zero-order valence-corrected chi connectivity index (χ0v) is 19.4. The number of amides is 3. The number of urea groups is 1. The molecule has 0 radical (unpaired) electrons. The molecule has 28 heavy (non-hydrogen) atoms. The standard InChI is InChI=1S/C19H33N5O3.HI/c1-18(9-5-4-6-14(18)25)12-21-16(20-3)24-10-7-13(8-11-24)19(2)15(26)22-17(27)23-19;/h13-14,25H,4-12H2,1-3H3,(H,20,21)(H2,22,23,26,27);1H. The van der Waals surface area contributed by atoms with Crippen molar-refractivity contribution in [3.63, 3.8) is 0 Å². The number of imide groups is 1. The fraction of sp³-hybridized carbons (Fsp3) is 0.842. The van der Waals surface area contributed by atoms with Crippen molar-refractivity contribution in [3.05, 3.63) is 0 Å². The lowest BCUT2D eigenvalue weighted by atomic mass is 9.73. The minimum atomic E-state index is -0.820. The lowest BCUT2D eigenvalue weighted by Crippen LogP contribution is -2.56. The molecule has 2 saturated heterocycles. The molecule has 9 heteroatoms. The van der Waals surface area contributed by atoms with Gasteiger partial charge >= 0.3 is 6.03 Å². The Balaban J connectivity index is 0.00000280. The van der Waals surface area contributed by atoms with Crippen LogP contribution in [0.3, 0.4) is 0 Å². The van der Waals surface area contributed by atoms with Gasteiger partial charge in [-0.05, 0) is 38.5 Å². The van der Waals surface area contributed by atoms with Crippen LogP contribution in [0.15, 0.2) is 4.99 Å². The molecule has 1 aliphatic carbocycles. The molecule has 160 valence electrons. The summed E-state index contributed by atoms with van der Waals surface area (Å²) in [6.45, 7) is 6.22. The van der Waals surface area contributed by atoms with E-state index in [0.29, 0.717) is 6.54 Å². The molecule has 3 aliphatic rings. The molecular weight excluding hydrogens is 473 g/mol. The summed E-state index contributed by atoms with van der Waals surface area (Å²) in [6, 6.07) is -0.401. The van der Waals surface area contributed by atoms with Crippen molar-refractivity contribution < 1.29 is 14.7 Å². The molecule has 3 atom stereocenters. The highest BCUT2D eigenvalue weighted by Crippen LogP contribution is 2.35. The van der Waals surface area contributed by atoms with Crippen molar-refractivity contribution in [3.8, 4) is 0 Å². The van der Waals surface area contributed by atoms with Crippen molar-refractivity contribution in [2.75, 3.05) is 26.7 Å². The maximum atomic E-state index is 12.2. The van der Waals surface area contributed by atoms with Gasteiger partial charge in [0, 0.05) is 32.1 Å². The van der Waals surface area contributed by atoms with Gasteiger partial charge in [0.2, 0.25) is 0 Å². The van der Waals surface area contributed by atoms with Gasteiger partial charge < -0.3 is 20.6 Å². The number of piperidine rings is 1. The van der Waals surface area contributed by atoms with Gasteiger partial charge in [0.25, 0.3) is 5.91 Å². The van der Waals surface area contributed by atoms with Gasteiger partial charge in [0.05, 0.1) is 6.10 Å². The number of carbonyl (C=O) groups excluding carboxylic acids is 2. The molecule has 0 aromatic rings. The van der Waals surface area contributed by atoms with E-state index in [1.807, 2.05) is 6.92 Å². The number of nitrogens with zero attached hydrogens (tertiary/aromatic N) is 2. The molecule has 0 bridgehead atoms. The summed E-state index contributed by atoms with van der Waals surface area (Å²) in [6.07, 6.45) is 5.50. The first-order valence-electron chi connectivity index (χ1n) is 10.1. The third-order valence-corrected chi connectivity index (χ3v) is 6.83. The zero-order chi connectivity index (χ0) is 19.7. The topological polar surface area (TPSA) is 106 Å². The summed E-state index contributed by atoms with van der Waals surface area (Å²) in [5.74, 6) is 0.723. The first-order valence-corrected chi connectivity index (χ1v) is 10.1. The van der Waals surface area contributed by atoms with Gasteiger partial charge in [-0.15, -0.1) is 24.0 Å². The molecule has 1 saturated carbocycles. The van der Waals surface area contributed by atoms with Crippen LogP contribution in [-0.2, 0) is 4.79 Å². The van der Waals surface area contributed by atoms with Crippen LogP contribution < -0.4 is 16.0 Å². The van der Waals surface area contributed by atoms with Gasteiger partial charge in [-0.25, -0.2) is 4.79 Å². The maximum absolute atomic E-state index is 12.2. The van der Waals surface area contributed by atoms with Crippen molar-refractivity contribution in [1.29, 1.82) is 0 Å². The second-order valence-corrected chi connectivity index (χ2v) is 8.69. The van der Waals surface area contributed by atoms with Crippen LogP contribution in [0.1, 0.15) is 52.4 Å². The van der Waals surface area contributed by atoms with E-state index in [2.05, 4.69) is 32.8 Å². The Morgan fingerprint density at radius 2 is 1.93 bits per heavy atom. The Hall–Kier alpha value is -1.10. The van der Waals surface area contributed by atoms with Gasteiger partial charge in [0.1, 0.15) is 5.54 Å². The Labute approximate surface area is 184 Å². The molecule has 3 amide bonds. The minimum Gasteiger partial charge on any atom is -0.392 e. The zero-order valence-electron chi connectivity index (χ0n) is 17.1. The second kappa shape index (κ2) is 9.15. The van der Waals surface area contributed by atoms with Crippen LogP contribution in [0.2, 0.25) is 0 Å². The number of hydrogen-bond donors (Lipinski definition) is 4. The fourth-order valence-corrected chi connectivity index (χ4v) is 4.71. The summed E-state index contributed by atoms with van der Waals surface area (Å²) in [5, 5.41) is 19.0. The van der Waals surface area contributed by atoms with Crippen molar-refractivity contribution in [2.24, 2.45) is 16.3 Å². The number of nitrogens with one attached hydrogen (secondary N) is 3. The number of carbonyl (C=O) groups is 2. The summed E-state index contributed by atoms with van der Waals surface area (Å²) in [5.41, 5.74) is -0.938. The Bertz CT molecular complexity index is 623. The van der Waals surface area contributed by atoms with Crippen molar-refractivity contribution in [1.82, 2.24) is 20.9 Å². The highest BCUT2D eigenvalue weighted by Gasteiger charge is 2.48. The van der Waals surface area contributed by atoms with Crippen LogP contribution >= 0.6 is 24.0 Å². The van der Waals surface area contributed by atoms with E-state index in [0.717, 1.165) is 57.6 Å². The highest BCUT2D eigenvalue weighted by molar-refractivity contribution is 14.0. The molecule has 8 nitrogen and oxygen atoms in total. The average Bonchev–Trinajstić information content (AvgIpc) is 2.91. The van der Waals surface area contributed by atoms with Gasteiger partial charge in [0.15, 0.2) is 5.96 Å². The predicted octanol–water partition coefficient (Wildman–Crippen LogP) is 1.43. The normalized spacial score (nSPS) is 34.5. The van der Waals surface area contributed by atoms with Crippen LogP contribution in [-0.4, -0.2) is 66.2 Å². The maximum Gasteiger partial charge on any atom is 0.322 e. The molecule has 3 fully saturated rings. The highest BCUT2D eigenvalue weighted by atomic mass is 127. The van der Waals surface area contributed by atoms with E-state index < -0.39 is 11.6 Å². The van der Waals surface area contributed by atoms with Gasteiger partial charge in [-0.3, -0.25) is 15.1 Å². The van der Waals surface area contributed by atoms with E-state index in [1.54, 1.807) is 7.05 Å². The smallest absolute Gasteiger partial charge is 0.322 e. The Morgan fingerprint density at radius 1 is 1.25 bits per heavy atom. The van der Waals surface area contributed by atoms with Crippen molar-refractivity contribution >= 4 is 41.9 Å². The van der Waals surface area contributed by atoms with E-state index >= 15 is 0 Å². The number of aliphatic imine (C=N–C) groups is 1. The van der Waals surface area contributed by atoms with Crippen LogP contribution in [0.5, 0.6) is 0 Å². The molecule has 2 heterocycles. The lowest BCUT2D eigenvalue weighted by molar-refractivity contribution is -0.125. The van der Waals surface area contributed by atoms with E-state index in [1.165, 1.54) is 0 Å². The number of guanidine groups is 1. The lowest BCUT2D eigenvalue weighted by Gasteiger charge is -2.42. The number of hydrogen-bond acceptors (Lipinski definition) is 4. The molecule has 0 aromatic heterocycles.